The van der Waals surface area contributed by atoms with Crippen molar-refractivity contribution in [1.82, 2.24) is 9.97 Å². The SMILES string of the molecule is O=[N+]([O-])c1cccc(Oc2cnc3ccccc3n2)c1. The van der Waals surface area contributed by atoms with Crippen molar-refractivity contribution >= 4 is 16.7 Å². The normalized spacial score (nSPS) is 10.4. The Morgan fingerprint density at radius 2 is 1.85 bits per heavy atom. The molecule has 0 bridgehead atoms. The number of non-ortho nitro benzene ring substituents is 1. The third kappa shape index (κ3) is 2.39. The van der Waals surface area contributed by atoms with Gasteiger partial charge in [0.05, 0.1) is 28.2 Å². The van der Waals surface area contributed by atoms with Crippen LogP contribution < -0.4 is 4.74 Å². The lowest BCUT2D eigenvalue weighted by Gasteiger charge is -2.04. The average molecular weight is 267 g/mol. The van der Waals surface area contributed by atoms with Gasteiger partial charge in [0.1, 0.15) is 5.75 Å². The highest BCUT2D eigenvalue weighted by Gasteiger charge is 2.08. The van der Waals surface area contributed by atoms with E-state index in [2.05, 4.69) is 9.97 Å². The number of hydrogen-bond acceptors (Lipinski definition) is 5. The number of ether oxygens (including phenoxy) is 1. The summed E-state index contributed by atoms with van der Waals surface area (Å²) in [5, 5.41) is 10.7. The zero-order chi connectivity index (χ0) is 13.9. The molecule has 0 radical (unpaired) electrons. The molecule has 0 aliphatic carbocycles. The predicted molar refractivity (Wildman–Crippen MR) is 72.7 cm³/mol. The van der Waals surface area contributed by atoms with E-state index in [0.29, 0.717) is 17.1 Å². The number of para-hydroxylation sites is 2. The first-order valence-electron chi connectivity index (χ1n) is 5.86. The fraction of sp³-hybridized carbons (Fsp3) is 0. The third-order valence-corrected chi connectivity index (χ3v) is 2.68. The van der Waals surface area contributed by atoms with Crippen LogP contribution in [0, 0.1) is 10.1 Å². The van der Waals surface area contributed by atoms with Crippen molar-refractivity contribution < 1.29 is 9.66 Å². The summed E-state index contributed by atoms with van der Waals surface area (Å²) in [7, 11) is 0. The first-order chi connectivity index (χ1) is 9.72. The van der Waals surface area contributed by atoms with Crippen LogP contribution in [-0.2, 0) is 0 Å². The van der Waals surface area contributed by atoms with Crippen LogP contribution in [0.2, 0.25) is 0 Å². The maximum atomic E-state index is 10.7. The zero-order valence-corrected chi connectivity index (χ0v) is 10.3. The van der Waals surface area contributed by atoms with Gasteiger partial charge in [-0.3, -0.25) is 10.1 Å². The highest BCUT2D eigenvalue weighted by atomic mass is 16.6. The van der Waals surface area contributed by atoms with Gasteiger partial charge in [-0.05, 0) is 18.2 Å². The Morgan fingerprint density at radius 1 is 1.05 bits per heavy atom. The molecule has 1 heterocycles. The fourth-order valence-electron chi connectivity index (χ4n) is 1.77. The second-order valence-corrected chi connectivity index (χ2v) is 4.05. The van der Waals surface area contributed by atoms with E-state index in [4.69, 9.17) is 4.74 Å². The maximum absolute atomic E-state index is 10.7. The molecule has 0 unspecified atom stereocenters. The smallest absolute Gasteiger partial charge is 0.273 e. The summed E-state index contributed by atoms with van der Waals surface area (Å²) in [4.78, 5) is 18.7. The molecule has 0 aliphatic rings. The van der Waals surface area contributed by atoms with Gasteiger partial charge >= 0.3 is 0 Å². The number of nitro benzene ring substituents is 1. The monoisotopic (exact) mass is 267 g/mol. The molecule has 0 saturated carbocycles. The molecule has 98 valence electrons. The lowest BCUT2D eigenvalue weighted by Crippen LogP contribution is -1.92. The van der Waals surface area contributed by atoms with Gasteiger partial charge in [-0.2, -0.15) is 0 Å². The molecule has 0 amide bonds. The Bertz CT molecular complexity index is 789. The van der Waals surface area contributed by atoms with Gasteiger partial charge in [-0.15, -0.1) is 0 Å². The highest BCUT2D eigenvalue weighted by molar-refractivity contribution is 5.74. The van der Waals surface area contributed by atoms with Crippen LogP contribution in [0.25, 0.3) is 11.0 Å². The Morgan fingerprint density at radius 3 is 2.65 bits per heavy atom. The Balaban J connectivity index is 1.92. The van der Waals surface area contributed by atoms with Crippen molar-refractivity contribution in [2.24, 2.45) is 0 Å². The van der Waals surface area contributed by atoms with Crippen molar-refractivity contribution in [3.05, 3.63) is 64.8 Å². The minimum absolute atomic E-state index is 0.0313. The standard InChI is InChI=1S/C14H9N3O3/c18-17(19)10-4-3-5-11(8-10)20-14-9-15-12-6-1-2-7-13(12)16-14/h1-9H. The minimum Gasteiger partial charge on any atom is -0.437 e. The summed E-state index contributed by atoms with van der Waals surface area (Å²) < 4.78 is 5.50. The largest absolute Gasteiger partial charge is 0.437 e. The highest BCUT2D eigenvalue weighted by Crippen LogP contribution is 2.24. The topological polar surface area (TPSA) is 78.2 Å². The number of benzene rings is 2. The minimum atomic E-state index is -0.473. The zero-order valence-electron chi connectivity index (χ0n) is 10.3. The quantitative estimate of drug-likeness (QED) is 0.537. The van der Waals surface area contributed by atoms with E-state index >= 15 is 0 Å². The molecule has 3 aromatic rings. The van der Waals surface area contributed by atoms with Crippen molar-refractivity contribution in [3.8, 4) is 11.6 Å². The van der Waals surface area contributed by atoms with Gasteiger partial charge in [0.2, 0.25) is 5.88 Å². The van der Waals surface area contributed by atoms with Crippen LogP contribution in [0.3, 0.4) is 0 Å². The molecule has 0 aliphatic heterocycles. The Labute approximate surface area is 113 Å². The predicted octanol–water partition coefficient (Wildman–Crippen LogP) is 3.33. The van der Waals surface area contributed by atoms with Gasteiger partial charge in [-0.25, -0.2) is 9.97 Å². The maximum Gasteiger partial charge on any atom is 0.273 e. The van der Waals surface area contributed by atoms with Gasteiger partial charge in [0, 0.05) is 6.07 Å². The van der Waals surface area contributed by atoms with Crippen LogP contribution in [0.5, 0.6) is 11.6 Å². The summed E-state index contributed by atoms with van der Waals surface area (Å²) in [6.07, 6.45) is 1.49. The van der Waals surface area contributed by atoms with E-state index in [1.54, 1.807) is 12.1 Å². The molecule has 2 aromatic carbocycles. The van der Waals surface area contributed by atoms with Gasteiger partial charge in [0.15, 0.2) is 0 Å². The van der Waals surface area contributed by atoms with Gasteiger partial charge < -0.3 is 4.74 Å². The molecular formula is C14H9N3O3. The van der Waals surface area contributed by atoms with Crippen molar-refractivity contribution in [1.29, 1.82) is 0 Å². The van der Waals surface area contributed by atoms with E-state index in [1.807, 2.05) is 24.3 Å². The molecule has 1 aromatic heterocycles. The lowest BCUT2D eigenvalue weighted by molar-refractivity contribution is -0.384. The number of nitrogens with zero attached hydrogens (tertiary/aromatic N) is 3. The molecule has 0 atom stereocenters. The molecule has 3 rings (SSSR count). The molecular weight excluding hydrogens is 258 g/mol. The number of hydrogen-bond donors (Lipinski definition) is 0. The molecule has 0 N–H and O–H groups in total. The summed E-state index contributed by atoms with van der Waals surface area (Å²) >= 11 is 0. The third-order valence-electron chi connectivity index (χ3n) is 2.68. The lowest BCUT2D eigenvalue weighted by atomic mass is 10.3. The first kappa shape index (κ1) is 12.0. The summed E-state index contributed by atoms with van der Waals surface area (Å²) in [6, 6.07) is 13.3. The molecule has 6 nitrogen and oxygen atoms in total. The van der Waals surface area contributed by atoms with E-state index in [1.165, 1.54) is 18.3 Å². The van der Waals surface area contributed by atoms with E-state index in [9.17, 15) is 10.1 Å². The van der Waals surface area contributed by atoms with Crippen molar-refractivity contribution in [3.63, 3.8) is 0 Å². The summed E-state index contributed by atoms with van der Waals surface area (Å²) in [5.74, 6) is 0.646. The molecule has 0 spiro atoms. The number of rotatable bonds is 3. The molecule has 0 fully saturated rings. The summed E-state index contributed by atoms with van der Waals surface area (Å²) in [5.41, 5.74) is 1.44. The number of aromatic nitrogens is 2. The van der Waals surface area contributed by atoms with Crippen LogP contribution in [0.4, 0.5) is 5.69 Å². The second kappa shape index (κ2) is 4.93. The Hall–Kier alpha value is -3.02. The second-order valence-electron chi connectivity index (χ2n) is 4.05. The van der Waals surface area contributed by atoms with Gasteiger partial charge in [0.25, 0.3) is 5.69 Å². The van der Waals surface area contributed by atoms with E-state index in [-0.39, 0.29) is 5.69 Å². The van der Waals surface area contributed by atoms with Crippen LogP contribution in [0.1, 0.15) is 0 Å². The fourth-order valence-corrected chi connectivity index (χ4v) is 1.77. The summed E-state index contributed by atoms with van der Waals surface area (Å²) in [6.45, 7) is 0. The molecule has 0 saturated heterocycles. The molecule has 6 heteroatoms. The average Bonchev–Trinajstić information content (AvgIpc) is 2.47. The van der Waals surface area contributed by atoms with Gasteiger partial charge in [-0.1, -0.05) is 18.2 Å². The van der Waals surface area contributed by atoms with Crippen LogP contribution in [0.15, 0.2) is 54.7 Å². The van der Waals surface area contributed by atoms with E-state index < -0.39 is 4.92 Å². The van der Waals surface area contributed by atoms with Crippen LogP contribution >= 0.6 is 0 Å². The van der Waals surface area contributed by atoms with Crippen molar-refractivity contribution in [2.75, 3.05) is 0 Å². The van der Waals surface area contributed by atoms with Crippen LogP contribution in [-0.4, -0.2) is 14.9 Å². The molecule has 20 heavy (non-hydrogen) atoms. The number of fused-ring (bicyclic) bond motifs is 1. The first-order valence-corrected chi connectivity index (χ1v) is 5.86. The van der Waals surface area contributed by atoms with Crippen molar-refractivity contribution in [2.45, 2.75) is 0 Å². The van der Waals surface area contributed by atoms with E-state index in [0.717, 1.165) is 5.52 Å². The Kier molecular flexibility index (Phi) is 2.96. The number of nitro groups is 1.